The Bertz CT molecular complexity index is 422. The van der Waals surface area contributed by atoms with Crippen molar-refractivity contribution >= 4 is 12.1 Å². The van der Waals surface area contributed by atoms with Crippen molar-refractivity contribution in [2.45, 2.75) is 44.8 Å². The summed E-state index contributed by atoms with van der Waals surface area (Å²) < 4.78 is 5.13. The first-order valence-electron chi connectivity index (χ1n) is 6.59. The van der Waals surface area contributed by atoms with Crippen molar-refractivity contribution in [2.75, 3.05) is 19.6 Å². The van der Waals surface area contributed by atoms with Crippen LogP contribution in [0.15, 0.2) is 0 Å². The number of hydrogen-bond acceptors (Lipinski definition) is 4. The molecule has 0 aromatic carbocycles. The molecule has 0 aromatic rings. The van der Waals surface area contributed by atoms with Gasteiger partial charge in [0.15, 0.2) is 5.54 Å². The van der Waals surface area contributed by atoms with Gasteiger partial charge in [0, 0.05) is 26.1 Å². The molecule has 1 unspecified atom stereocenters. The highest BCUT2D eigenvalue weighted by Crippen LogP contribution is 2.22. The van der Waals surface area contributed by atoms with E-state index in [1.165, 1.54) is 0 Å². The number of alkyl carbamates (subject to hydrolysis) is 1. The second-order valence-corrected chi connectivity index (χ2v) is 5.99. The zero-order valence-electron chi connectivity index (χ0n) is 12.2. The summed E-state index contributed by atoms with van der Waals surface area (Å²) in [7, 11) is 0. The van der Waals surface area contributed by atoms with Crippen LogP contribution in [-0.4, -0.2) is 52.8 Å². The highest BCUT2D eigenvalue weighted by atomic mass is 16.6. The molecule has 6 nitrogen and oxygen atoms in total. The topological polar surface area (TPSA) is 78.9 Å². The minimum atomic E-state index is -1.29. The normalized spacial score (nSPS) is 23.1. The number of rotatable bonds is 4. The number of terminal acetylenes is 1. The van der Waals surface area contributed by atoms with Crippen LogP contribution in [0.2, 0.25) is 0 Å². The predicted octanol–water partition coefficient (Wildman–Crippen LogP) is 1.06. The van der Waals surface area contributed by atoms with E-state index in [0.717, 1.165) is 0 Å². The van der Waals surface area contributed by atoms with E-state index in [1.54, 1.807) is 20.8 Å². The molecular formula is C14H22N2O4. The van der Waals surface area contributed by atoms with Crippen LogP contribution in [-0.2, 0) is 9.53 Å². The van der Waals surface area contributed by atoms with Gasteiger partial charge in [-0.25, -0.2) is 9.59 Å². The molecule has 0 spiro atoms. The van der Waals surface area contributed by atoms with Gasteiger partial charge < -0.3 is 15.2 Å². The Morgan fingerprint density at radius 3 is 2.65 bits per heavy atom. The number of carbonyl (C=O) groups excluding carboxylic acids is 1. The second kappa shape index (κ2) is 6.14. The Morgan fingerprint density at radius 2 is 2.15 bits per heavy atom. The Hall–Kier alpha value is -1.74. The fourth-order valence-electron chi connectivity index (χ4n) is 2.13. The lowest BCUT2D eigenvalue weighted by Crippen LogP contribution is -2.57. The molecule has 0 aliphatic carbocycles. The zero-order chi connectivity index (χ0) is 15.4. The third-order valence-corrected chi connectivity index (χ3v) is 3.07. The molecule has 1 amide bonds. The molecule has 2 N–H and O–H groups in total. The SMILES string of the molecule is C#CCCN1CCC(NC(=O)OC(C)(C)C)(C(=O)O)C1. The van der Waals surface area contributed by atoms with Gasteiger partial charge in [-0.1, -0.05) is 0 Å². The van der Waals surface area contributed by atoms with Crippen molar-refractivity contribution in [1.29, 1.82) is 0 Å². The first-order valence-corrected chi connectivity index (χ1v) is 6.59. The fourth-order valence-corrected chi connectivity index (χ4v) is 2.13. The number of likely N-dealkylation sites (tertiary alicyclic amines) is 1. The number of ether oxygens (including phenoxy) is 1. The van der Waals surface area contributed by atoms with E-state index >= 15 is 0 Å². The lowest BCUT2D eigenvalue weighted by molar-refractivity contribution is -0.144. The molecule has 0 radical (unpaired) electrons. The van der Waals surface area contributed by atoms with E-state index in [-0.39, 0.29) is 6.54 Å². The summed E-state index contributed by atoms with van der Waals surface area (Å²) >= 11 is 0. The van der Waals surface area contributed by atoms with Gasteiger partial charge in [0.1, 0.15) is 5.60 Å². The van der Waals surface area contributed by atoms with Crippen molar-refractivity contribution in [2.24, 2.45) is 0 Å². The van der Waals surface area contributed by atoms with E-state index in [1.807, 2.05) is 4.90 Å². The van der Waals surface area contributed by atoms with Crippen LogP contribution in [0, 0.1) is 12.3 Å². The summed E-state index contributed by atoms with van der Waals surface area (Å²) in [5, 5.41) is 11.9. The average Bonchev–Trinajstić information content (AvgIpc) is 2.68. The average molecular weight is 282 g/mol. The van der Waals surface area contributed by atoms with E-state index in [9.17, 15) is 14.7 Å². The van der Waals surface area contributed by atoms with Crippen molar-refractivity contribution in [3.05, 3.63) is 0 Å². The van der Waals surface area contributed by atoms with Gasteiger partial charge in [-0.05, 0) is 27.2 Å². The third kappa shape index (κ3) is 4.42. The molecule has 1 heterocycles. The third-order valence-electron chi connectivity index (χ3n) is 3.07. The smallest absolute Gasteiger partial charge is 0.408 e. The molecule has 0 bridgehead atoms. The zero-order valence-corrected chi connectivity index (χ0v) is 12.2. The summed E-state index contributed by atoms with van der Waals surface area (Å²) in [5.41, 5.74) is -1.96. The molecular weight excluding hydrogens is 260 g/mol. The molecule has 1 atom stereocenters. The largest absolute Gasteiger partial charge is 0.479 e. The van der Waals surface area contributed by atoms with Gasteiger partial charge in [-0.2, -0.15) is 0 Å². The molecule has 1 aliphatic heterocycles. The highest BCUT2D eigenvalue weighted by Gasteiger charge is 2.46. The summed E-state index contributed by atoms with van der Waals surface area (Å²) in [6, 6.07) is 0. The number of hydrogen-bond donors (Lipinski definition) is 2. The standard InChI is InChI=1S/C14H22N2O4/c1-5-6-8-16-9-7-14(10-16,11(17)18)15-12(19)20-13(2,3)4/h1H,6-10H2,2-4H3,(H,15,19)(H,17,18). The van der Waals surface area contributed by atoms with Crippen LogP contribution >= 0.6 is 0 Å². The van der Waals surface area contributed by atoms with Crippen LogP contribution in [0.5, 0.6) is 0 Å². The molecule has 6 heteroatoms. The Labute approximate surface area is 119 Å². The first kappa shape index (κ1) is 16.3. The van der Waals surface area contributed by atoms with E-state index in [2.05, 4.69) is 11.2 Å². The maximum atomic E-state index is 11.8. The molecule has 1 rings (SSSR count). The van der Waals surface area contributed by atoms with E-state index < -0.39 is 23.2 Å². The highest BCUT2D eigenvalue weighted by molar-refractivity contribution is 5.85. The Balaban J connectivity index is 2.69. The first-order chi connectivity index (χ1) is 9.18. The van der Waals surface area contributed by atoms with E-state index in [0.29, 0.717) is 25.9 Å². The number of amides is 1. The van der Waals surface area contributed by atoms with Crippen molar-refractivity contribution in [3.63, 3.8) is 0 Å². The number of nitrogens with zero attached hydrogens (tertiary/aromatic N) is 1. The van der Waals surface area contributed by atoms with Crippen LogP contribution < -0.4 is 5.32 Å². The van der Waals surface area contributed by atoms with Gasteiger partial charge in [0.05, 0.1) is 0 Å². The molecule has 20 heavy (non-hydrogen) atoms. The van der Waals surface area contributed by atoms with Gasteiger partial charge in [-0.3, -0.25) is 4.90 Å². The lowest BCUT2D eigenvalue weighted by Gasteiger charge is -2.28. The van der Waals surface area contributed by atoms with Crippen LogP contribution in [0.25, 0.3) is 0 Å². The predicted molar refractivity (Wildman–Crippen MR) is 74.2 cm³/mol. The van der Waals surface area contributed by atoms with E-state index in [4.69, 9.17) is 11.2 Å². The van der Waals surface area contributed by atoms with Crippen LogP contribution in [0.3, 0.4) is 0 Å². The van der Waals surface area contributed by atoms with Gasteiger partial charge in [0.25, 0.3) is 0 Å². The molecule has 1 aliphatic rings. The molecule has 1 fully saturated rings. The molecule has 112 valence electrons. The van der Waals surface area contributed by atoms with Gasteiger partial charge in [0.2, 0.25) is 0 Å². The quantitative estimate of drug-likeness (QED) is 0.754. The number of carboxylic acid groups (broad SMARTS) is 1. The number of aliphatic carboxylic acids is 1. The Kier molecular flexibility index (Phi) is 5.01. The number of carboxylic acids is 1. The minimum Gasteiger partial charge on any atom is -0.479 e. The maximum Gasteiger partial charge on any atom is 0.408 e. The van der Waals surface area contributed by atoms with Crippen LogP contribution in [0.1, 0.15) is 33.6 Å². The molecule has 1 saturated heterocycles. The summed E-state index contributed by atoms with van der Waals surface area (Å²) in [6.07, 6.45) is 5.39. The minimum absolute atomic E-state index is 0.239. The van der Waals surface area contributed by atoms with Crippen molar-refractivity contribution in [1.82, 2.24) is 10.2 Å². The number of nitrogens with one attached hydrogen (secondary N) is 1. The lowest BCUT2D eigenvalue weighted by atomic mass is 9.99. The number of carbonyl (C=O) groups is 2. The molecule has 0 aromatic heterocycles. The Morgan fingerprint density at radius 1 is 1.50 bits per heavy atom. The summed E-state index contributed by atoms with van der Waals surface area (Å²) in [5.74, 6) is 1.47. The summed E-state index contributed by atoms with van der Waals surface area (Å²) in [4.78, 5) is 25.2. The monoisotopic (exact) mass is 282 g/mol. The maximum absolute atomic E-state index is 11.8. The van der Waals surface area contributed by atoms with Crippen molar-refractivity contribution in [3.8, 4) is 12.3 Å². The second-order valence-electron chi connectivity index (χ2n) is 5.99. The van der Waals surface area contributed by atoms with Gasteiger partial charge >= 0.3 is 12.1 Å². The van der Waals surface area contributed by atoms with Crippen molar-refractivity contribution < 1.29 is 19.4 Å². The van der Waals surface area contributed by atoms with Gasteiger partial charge in [-0.15, -0.1) is 12.3 Å². The fraction of sp³-hybridized carbons (Fsp3) is 0.714. The molecule has 0 saturated carbocycles. The summed E-state index contributed by atoms with van der Waals surface area (Å²) in [6.45, 7) is 6.64. The van der Waals surface area contributed by atoms with Crippen LogP contribution in [0.4, 0.5) is 4.79 Å².